The SMILES string of the molecule is O=C1CSc2ncc(CNC3CCN(C[C@@H]4Cn5c(=O)cnc6ccc(F)c4c65)CC3)nc2N1. The van der Waals surface area contributed by atoms with Gasteiger partial charge in [-0.2, -0.15) is 0 Å². The number of anilines is 1. The molecule has 1 fully saturated rings. The van der Waals surface area contributed by atoms with E-state index in [1.54, 1.807) is 16.8 Å². The molecule has 0 unspecified atom stereocenters. The van der Waals surface area contributed by atoms with Crippen LogP contribution in [0.15, 0.2) is 34.3 Å². The zero-order valence-corrected chi connectivity index (χ0v) is 19.3. The zero-order chi connectivity index (χ0) is 23.2. The summed E-state index contributed by atoms with van der Waals surface area (Å²) in [5.41, 5.74) is 2.57. The molecular weight excluding hydrogens is 457 g/mol. The summed E-state index contributed by atoms with van der Waals surface area (Å²) in [5, 5.41) is 7.09. The average molecular weight is 482 g/mol. The predicted molar refractivity (Wildman–Crippen MR) is 126 cm³/mol. The van der Waals surface area contributed by atoms with E-state index in [4.69, 9.17) is 0 Å². The number of carbonyl (C=O) groups is 1. The number of fused-ring (bicyclic) bond motifs is 1. The van der Waals surface area contributed by atoms with Crippen molar-refractivity contribution in [2.75, 3.05) is 30.7 Å². The first-order valence-corrected chi connectivity index (χ1v) is 12.5. The predicted octanol–water partition coefficient (Wildman–Crippen LogP) is 1.72. The Kier molecular flexibility index (Phi) is 5.54. The summed E-state index contributed by atoms with van der Waals surface area (Å²) in [7, 11) is 0. The fourth-order valence-electron chi connectivity index (χ4n) is 5.16. The molecule has 0 saturated carbocycles. The van der Waals surface area contributed by atoms with E-state index in [1.807, 2.05) is 0 Å². The Morgan fingerprint density at radius 3 is 2.88 bits per heavy atom. The molecule has 6 rings (SSSR count). The molecule has 9 nitrogen and oxygen atoms in total. The smallest absolute Gasteiger partial charge is 0.269 e. The van der Waals surface area contributed by atoms with Crippen molar-refractivity contribution in [3.63, 3.8) is 0 Å². The average Bonchev–Trinajstić information content (AvgIpc) is 3.23. The maximum atomic E-state index is 14.7. The lowest BCUT2D eigenvalue weighted by Gasteiger charge is -2.34. The summed E-state index contributed by atoms with van der Waals surface area (Å²) in [6, 6.07) is 3.45. The van der Waals surface area contributed by atoms with Crippen LogP contribution in [0.3, 0.4) is 0 Å². The summed E-state index contributed by atoms with van der Waals surface area (Å²) < 4.78 is 16.4. The largest absolute Gasteiger partial charge is 0.308 e. The standard InChI is InChI=1S/C23H24FN7O2S/c24-16-1-2-17-21-20(16)13(11-31(21)19(33)9-26-17)10-30-5-3-14(4-6-30)25-7-15-8-27-23-22(28-15)29-18(32)12-34-23/h1-2,8-9,13-14,25H,3-7,10-12H2,(H,28,29,32)/t13-/m1/s1. The van der Waals surface area contributed by atoms with Gasteiger partial charge in [0.05, 0.1) is 34.9 Å². The van der Waals surface area contributed by atoms with Crippen LogP contribution in [-0.2, 0) is 17.9 Å². The van der Waals surface area contributed by atoms with Gasteiger partial charge in [0.15, 0.2) is 5.82 Å². The maximum Gasteiger partial charge on any atom is 0.269 e. The maximum absolute atomic E-state index is 14.7. The van der Waals surface area contributed by atoms with Crippen LogP contribution in [0.2, 0.25) is 0 Å². The van der Waals surface area contributed by atoms with Crippen LogP contribution in [0.25, 0.3) is 11.0 Å². The van der Waals surface area contributed by atoms with Crippen LogP contribution in [0.1, 0.15) is 30.0 Å². The summed E-state index contributed by atoms with van der Waals surface area (Å²) in [5.74, 6) is 0.564. The van der Waals surface area contributed by atoms with Crippen LogP contribution in [0.4, 0.5) is 10.2 Å². The van der Waals surface area contributed by atoms with E-state index in [1.165, 1.54) is 24.0 Å². The molecular formula is C23H24FN7O2S. The van der Waals surface area contributed by atoms with Crippen molar-refractivity contribution in [2.24, 2.45) is 0 Å². The van der Waals surface area contributed by atoms with Gasteiger partial charge in [-0.25, -0.2) is 19.3 Å². The normalized spacial score (nSPS) is 20.5. The molecule has 0 radical (unpaired) electrons. The van der Waals surface area contributed by atoms with Crippen LogP contribution in [0, 0.1) is 5.82 Å². The molecule has 3 aromatic rings. The van der Waals surface area contributed by atoms with Crippen molar-refractivity contribution >= 4 is 34.5 Å². The number of likely N-dealkylation sites (tertiary alicyclic amines) is 1. The number of hydrogen-bond donors (Lipinski definition) is 2. The molecule has 2 N–H and O–H groups in total. The number of rotatable bonds is 5. The molecule has 0 aliphatic carbocycles. The van der Waals surface area contributed by atoms with E-state index >= 15 is 0 Å². The van der Waals surface area contributed by atoms with E-state index in [-0.39, 0.29) is 23.2 Å². The van der Waals surface area contributed by atoms with Gasteiger partial charge in [0, 0.05) is 37.2 Å². The molecule has 34 heavy (non-hydrogen) atoms. The summed E-state index contributed by atoms with van der Waals surface area (Å²) in [6.07, 6.45) is 5.02. The lowest BCUT2D eigenvalue weighted by atomic mass is 9.97. The second kappa shape index (κ2) is 8.71. The molecule has 3 aliphatic heterocycles. The Morgan fingerprint density at radius 1 is 1.18 bits per heavy atom. The summed E-state index contributed by atoms with van der Waals surface area (Å²) in [4.78, 5) is 39.4. The molecule has 3 aliphatic rings. The summed E-state index contributed by atoms with van der Waals surface area (Å²) in [6.45, 7) is 3.61. The molecule has 5 heterocycles. The number of nitrogens with one attached hydrogen (secondary N) is 2. The highest BCUT2D eigenvalue weighted by molar-refractivity contribution is 8.00. The van der Waals surface area contributed by atoms with Crippen molar-refractivity contribution in [3.05, 3.63) is 52.0 Å². The van der Waals surface area contributed by atoms with Crippen molar-refractivity contribution in [1.82, 2.24) is 29.7 Å². The van der Waals surface area contributed by atoms with Gasteiger partial charge in [-0.3, -0.25) is 9.59 Å². The van der Waals surface area contributed by atoms with E-state index in [2.05, 4.69) is 30.5 Å². The molecule has 1 saturated heterocycles. The van der Waals surface area contributed by atoms with Crippen LogP contribution < -0.4 is 16.2 Å². The Morgan fingerprint density at radius 2 is 2.03 bits per heavy atom. The highest BCUT2D eigenvalue weighted by Gasteiger charge is 2.31. The van der Waals surface area contributed by atoms with Crippen LogP contribution in [0.5, 0.6) is 0 Å². The minimum Gasteiger partial charge on any atom is -0.308 e. The van der Waals surface area contributed by atoms with E-state index in [9.17, 15) is 14.0 Å². The van der Waals surface area contributed by atoms with Gasteiger partial charge >= 0.3 is 0 Å². The third-order valence-electron chi connectivity index (χ3n) is 6.83. The van der Waals surface area contributed by atoms with Crippen molar-refractivity contribution in [1.29, 1.82) is 0 Å². The number of carbonyl (C=O) groups excluding carboxylic acids is 1. The first-order chi connectivity index (χ1) is 16.5. The highest BCUT2D eigenvalue weighted by atomic mass is 32.2. The van der Waals surface area contributed by atoms with Gasteiger partial charge in [0.2, 0.25) is 5.91 Å². The van der Waals surface area contributed by atoms with Crippen LogP contribution >= 0.6 is 11.8 Å². The van der Waals surface area contributed by atoms with E-state index < -0.39 is 0 Å². The summed E-state index contributed by atoms with van der Waals surface area (Å²) >= 11 is 1.40. The molecule has 1 amide bonds. The fraction of sp³-hybridized carbons (Fsp3) is 0.435. The Hall–Kier alpha value is -2.89. The number of hydrogen-bond acceptors (Lipinski definition) is 8. The number of thioether (sulfide) groups is 1. The lowest BCUT2D eigenvalue weighted by Crippen LogP contribution is -2.43. The molecule has 1 atom stereocenters. The number of piperidine rings is 1. The van der Waals surface area contributed by atoms with Gasteiger partial charge < -0.3 is 20.1 Å². The van der Waals surface area contributed by atoms with Gasteiger partial charge in [0.1, 0.15) is 10.8 Å². The lowest BCUT2D eigenvalue weighted by molar-refractivity contribution is -0.113. The van der Waals surface area contributed by atoms with Gasteiger partial charge in [-0.05, 0) is 38.1 Å². The first kappa shape index (κ1) is 21.6. The number of amides is 1. The monoisotopic (exact) mass is 481 g/mol. The first-order valence-electron chi connectivity index (χ1n) is 11.5. The topological polar surface area (TPSA) is 105 Å². The number of halogens is 1. The fourth-order valence-corrected chi connectivity index (χ4v) is 5.86. The molecule has 2 aromatic heterocycles. The van der Waals surface area contributed by atoms with E-state index in [0.717, 1.165) is 43.2 Å². The second-order valence-corrected chi connectivity index (χ2v) is 10.0. The molecule has 0 spiro atoms. The quantitative estimate of drug-likeness (QED) is 0.568. The Bertz CT molecular complexity index is 1340. The van der Waals surface area contributed by atoms with Crippen LogP contribution in [-0.4, -0.2) is 61.8 Å². The highest BCUT2D eigenvalue weighted by Crippen LogP contribution is 2.35. The van der Waals surface area contributed by atoms with Gasteiger partial charge in [-0.15, -0.1) is 0 Å². The molecule has 1 aromatic carbocycles. The van der Waals surface area contributed by atoms with Crippen molar-refractivity contribution < 1.29 is 9.18 Å². The molecule has 176 valence electrons. The van der Waals surface area contributed by atoms with Gasteiger partial charge in [0.25, 0.3) is 5.56 Å². The molecule has 0 bridgehead atoms. The second-order valence-electron chi connectivity index (χ2n) is 9.04. The minimum atomic E-state index is -0.256. The third kappa shape index (κ3) is 3.97. The number of benzene rings is 1. The Balaban J connectivity index is 1.06. The Labute approximate surface area is 199 Å². The van der Waals surface area contributed by atoms with E-state index in [0.29, 0.717) is 47.3 Å². The zero-order valence-electron chi connectivity index (χ0n) is 18.5. The van der Waals surface area contributed by atoms with Crippen molar-refractivity contribution in [3.8, 4) is 0 Å². The number of nitrogens with zero attached hydrogens (tertiary/aromatic N) is 5. The third-order valence-corrected chi connectivity index (χ3v) is 7.81. The molecule has 11 heteroatoms. The minimum absolute atomic E-state index is 0.0492. The van der Waals surface area contributed by atoms with Gasteiger partial charge in [-0.1, -0.05) is 11.8 Å². The van der Waals surface area contributed by atoms with Crippen molar-refractivity contribution in [2.45, 2.75) is 42.9 Å². The number of aromatic nitrogens is 4.